The van der Waals surface area contributed by atoms with E-state index in [4.69, 9.17) is 11.6 Å². The highest BCUT2D eigenvalue weighted by Gasteiger charge is 2.06. The van der Waals surface area contributed by atoms with Crippen LogP contribution in [0.15, 0.2) is 40.6 Å². The SMILES string of the molecule is C/C(=N\NC(=O)CSc1nc(C)cc(C)n1)c1cccc(Cl)c1. The molecule has 0 spiro atoms. The van der Waals surface area contributed by atoms with E-state index < -0.39 is 0 Å². The largest absolute Gasteiger partial charge is 0.272 e. The molecule has 0 unspecified atom stereocenters. The van der Waals surface area contributed by atoms with Crippen LogP contribution in [-0.4, -0.2) is 27.3 Å². The number of thioether (sulfide) groups is 1. The summed E-state index contributed by atoms with van der Waals surface area (Å²) < 4.78 is 0. The standard InChI is InChI=1S/C16H17ClN4OS/c1-10-7-11(2)19-16(18-10)23-9-15(22)21-20-12(3)13-5-4-6-14(17)8-13/h4-8H,9H2,1-3H3,(H,21,22)/b20-12+. The van der Waals surface area contributed by atoms with E-state index in [9.17, 15) is 4.79 Å². The summed E-state index contributed by atoms with van der Waals surface area (Å²) in [5.74, 6) is -0.00554. The fourth-order valence-electron chi connectivity index (χ4n) is 1.84. The van der Waals surface area contributed by atoms with E-state index in [1.165, 1.54) is 11.8 Å². The fraction of sp³-hybridized carbons (Fsp3) is 0.250. The maximum absolute atomic E-state index is 11.9. The highest BCUT2D eigenvalue weighted by atomic mass is 35.5. The Morgan fingerprint density at radius 1 is 1.26 bits per heavy atom. The van der Waals surface area contributed by atoms with Gasteiger partial charge in [0.2, 0.25) is 0 Å². The molecule has 0 aliphatic rings. The number of aromatic nitrogens is 2. The van der Waals surface area contributed by atoms with Gasteiger partial charge in [-0.05, 0) is 44.5 Å². The van der Waals surface area contributed by atoms with Gasteiger partial charge >= 0.3 is 0 Å². The summed E-state index contributed by atoms with van der Waals surface area (Å²) in [6.45, 7) is 5.61. The molecule has 5 nitrogen and oxygen atoms in total. The second kappa shape index (κ2) is 8.08. The first-order valence-corrected chi connectivity index (χ1v) is 8.34. The lowest BCUT2D eigenvalue weighted by Gasteiger charge is -2.04. The van der Waals surface area contributed by atoms with Crippen molar-refractivity contribution in [3.8, 4) is 0 Å². The Morgan fingerprint density at radius 3 is 2.61 bits per heavy atom. The van der Waals surface area contributed by atoms with E-state index in [0.29, 0.717) is 15.9 Å². The zero-order valence-electron chi connectivity index (χ0n) is 13.1. The summed E-state index contributed by atoms with van der Waals surface area (Å²) in [4.78, 5) is 20.4. The maximum Gasteiger partial charge on any atom is 0.250 e. The molecule has 1 amide bonds. The molecule has 23 heavy (non-hydrogen) atoms. The first-order valence-electron chi connectivity index (χ1n) is 6.98. The Labute approximate surface area is 144 Å². The predicted molar refractivity (Wildman–Crippen MR) is 94.0 cm³/mol. The van der Waals surface area contributed by atoms with Crippen molar-refractivity contribution in [3.05, 3.63) is 52.3 Å². The van der Waals surface area contributed by atoms with Crippen molar-refractivity contribution in [1.82, 2.24) is 15.4 Å². The van der Waals surface area contributed by atoms with Gasteiger partial charge in [-0.15, -0.1) is 0 Å². The summed E-state index contributed by atoms with van der Waals surface area (Å²) in [7, 11) is 0. The molecule has 0 fully saturated rings. The molecular weight excluding hydrogens is 332 g/mol. The van der Waals surface area contributed by atoms with Crippen LogP contribution < -0.4 is 5.43 Å². The van der Waals surface area contributed by atoms with Crippen LogP contribution in [0.2, 0.25) is 5.02 Å². The third kappa shape index (κ3) is 5.65. The van der Waals surface area contributed by atoms with E-state index in [1.54, 1.807) is 12.1 Å². The van der Waals surface area contributed by atoms with Crippen LogP contribution in [-0.2, 0) is 4.79 Å². The van der Waals surface area contributed by atoms with Gasteiger partial charge in [-0.1, -0.05) is 35.5 Å². The van der Waals surface area contributed by atoms with Crippen LogP contribution in [0.5, 0.6) is 0 Å². The second-order valence-corrected chi connectivity index (χ2v) is 6.34. The number of nitrogens with one attached hydrogen (secondary N) is 1. The zero-order chi connectivity index (χ0) is 16.8. The van der Waals surface area contributed by atoms with Crippen molar-refractivity contribution in [2.24, 2.45) is 5.10 Å². The lowest BCUT2D eigenvalue weighted by atomic mass is 10.1. The van der Waals surface area contributed by atoms with Gasteiger partial charge in [0.25, 0.3) is 5.91 Å². The van der Waals surface area contributed by atoms with Crippen LogP contribution in [0.1, 0.15) is 23.9 Å². The molecule has 0 bridgehead atoms. The van der Waals surface area contributed by atoms with E-state index >= 15 is 0 Å². The third-order valence-electron chi connectivity index (χ3n) is 2.88. The first-order chi connectivity index (χ1) is 10.9. The van der Waals surface area contributed by atoms with Gasteiger partial charge in [-0.3, -0.25) is 4.79 Å². The van der Waals surface area contributed by atoms with Crippen LogP contribution in [0.25, 0.3) is 0 Å². The molecule has 0 aliphatic carbocycles. The summed E-state index contributed by atoms with van der Waals surface area (Å²) in [6.07, 6.45) is 0. The zero-order valence-corrected chi connectivity index (χ0v) is 14.7. The van der Waals surface area contributed by atoms with E-state index in [1.807, 2.05) is 39.0 Å². The topological polar surface area (TPSA) is 67.2 Å². The number of aryl methyl sites for hydroxylation is 2. The highest BCUT2D eigenvalue weighted by molar-refractivity contribution is 7.99. The molecule has 0 atom stereocenters. The number of carbonyl (C=O) groups excluding carboxylic acids is 1. The molecule has 0 aliphatic heterocycles. The molecule has 2 aromatic rings. The van der Waals surface area contributed by atoms with Crippen LogP contribution in [0, 0.1) is 13.8 Å². The molecule has 1 aromatic heterocycles. The molecule has 1 aromatic carbocycles. The molecule has 1 heterocycles. The highest BCUT2D eigenvalue weighted by Crippen LogP contribution is 2.14. The fourth-order valence-corrected chi connectivity index (χ4v) is 2.78. The summed E-state index contributed by atoms with van der Waals surface area (Å²) in [6, 6.07) is 9.20. The molecule has 7 heteroatoms. The van der Waals surface area contributed by atoms with Crippen molar-refractivity contribution in [2.75, 3.05) is 5.75 Å². The summed E-state index contributed by atoms with van der Waals surface area (Å²) >= 11 is 7.22. The van der Waals surface area contributed by atoms with E-state index in [-0.39, 0.29) is 11.7 Å². The Balaban J connectivity index is 1.90. The normalized spacial score (nSPS) is 11.4. The molecule has 120 valence electrons. The number of hydrogen-bond acceptors (Lipinski definition) is 5. The third-order valence-corrected chi connectivity index (χ3v) is 3.97. The molecule has 0 saturated carbocycles. The number of nitrogens with zero attached hydrogens (tertiary/aromatic N) is 3. The maximum atomic E-state index is 11.9. The molecule has 2 rings (SSSR count). The smallest absolute Gasteiger partial charge is 0.250 e. The predicted octanol–water partition coefficient (Wildman–Crippen LogP) is 3.38. The van der Waals surface area contributed by atoms with Crippen LogP contribution in [0.3, 0.4) is 0 Å². The lowest BCUT2D eigenvalue weighted by Crippen LogP contribution is -2.21. The van der Waals surface area contributed by atoms with Crippen molar-refractivity contribution in [3.63, 3.8) is 0 Å². The van der Waals surface area contributed by atoms with Crippen molar-refractivity contribution >= 4 is 35.0 Å². The number of rotatable bonds is 5. The minimum Gasteiger partial charge on any atom is -0.272 e. The van der Waals surface area contributed by atoms with Gasteiger partial charge in [-0.2, -0.15) is 5.10 Å². The van der Waals surface area contributed by atoms with Gasteiger partial charge < -0.3 is 0 Å². The van der Waals surface area contributed by atoms with Crippen molar-refractivity contribution < 1.29 is 4.79 Å². The number of hydrazone groups is 1. The monoisotopic (exact) mass is 348 g/mol. The quantitative estimate of drug-likeness (QED) is 0.389. The average molecular weight is 349 g/mol. The minimum atomic E-state index is -0.209. The Hall–Kier alpha value is -1.92. The van der Waals surface area contributed by atoms with Crippen LogP contribution >= 0.6 is 23.4 Å². The van der Waals surface area contributed by atoms with Crippen molar-refractivity contribution in [1.29, 1.82) is 0 Å². The molecule has 1 N–H and O–H groups in total. The van der Waals surface area contributed by atoms with Gasteiger partial charge in [0.1, 0.15) is 0 Å². The van der Waals surface area contributed by atoms with E-state index in [2.05, 4.69) is 20.5 Å². The molecule has 0 saturated heterocycles. The van der Waals surface area contributed by atoms with Gasteiger partial charge in [-0.25, -0.2) is 15.4 Å². The van der Waals surface area contributed by atoms with E-state index in [0.717, 1.165) is 17.0 Å². The first kappa shape index (κ1) is 17.4. The number of hydrogen-bond donors (Lipinski definition) is 1. The van der Waals surface area contributed by atoms with Gasteiger partial charge in [0.05, 0.1) is 11.5 Å². The van der Waals surface area contributed by atoms with Gasteiger partial charge in [0, 0.05) is 16.4 Å². The minimum absolute atomic E-state index is 0.204. The number of carbonyl (C=O) groups is 1. The molecule has 0 radical (unpaired) electrons. The molecular formula is C16H17ClN4OS. The number of amides is 1. The Kier molecular flexibility index (Phi) is 6.12. The number of halogens is 1. The lowest BCUT2D eigenvalue weighted by molar-refractivity contribution is -0.118. The summed E-state index contributed by atoms with van der Waals surface area (Å²) in [5, 5.41) is 5.31. The average Bonchev–Trinajstić information content (AvgIpc) is 2.49. The Bertz CT molecular complexity index is 728. The Morgan fingerprint density at radius 2 is 1.96 bits per heavy atom. The van der Waals surface area contributed by atoms with Crippen LogP contribution in [0.4, 0.5) is 0 Å². The number of benzene rings is 1. The van der Waals surface area contributed by atoms with Gasteiger partial charge in [0.15, 0.2) is 5.16 Å². The van der Waals surface area contributed by atoms with Crippen molar-refractivity contribution in [2.45, 2.75) is 25.9 Å². The summed E-state index contributed by atoms with van der Waals surface area (Å²) in [5.41, 5.74) is 5.85. The second-order valence-electron chi connectivity index (χ2n) is 4.96.